The van der Waals surface area contributed by atoms with Crippen molar-refractivity contribution in [3.63, 3.8) is 0 Å². The summed E-state index contributed by atoms with van der Waals surface area (Å²) >= 11 is 6.12. The number of ether oxygens (including phenoxy) is 1. The summed E-state index contributed by atoms with van der Waals surface area (Å²) in [5, 5.41) is 0.753. The van der Waals surface area contributed by atoms with Gasteiger partial charge in [-0.3, -0.25) is 0 Å². The molecule has 5 heteroatoms. The van der Waals surface area contributed by atoms with Gasteiger partial charge < -0.3 is 10.5 Å². The quantitative estimate of drug-likeness (QED) is 0.935. The Balaban J connectivity index is 2.29. The monoisotopic (exact) mass is 277 g/mol. The molecule has 0 radical (unpaired) electrons. The summed E-state index contributed by atoms with van der Waals surface area (Å²) in [5.41, 5.74) is 9.25. The van der Waals surface area contributed by atoms with Crippen LogP contribution in [0.2, 0.25) is 5.02 Å². The summed E-state index contributed by atoms with van der Waals surface area (Å²) < 4.78 is 5.65. The zero-order valence-electron chi connectivity index (χ0n) is 11.2. The lowest BCUT2D eigenvalue weighted by atomic mass is 10.1. The van der Waals surface area contributed by atoms with Gasteiger partial charge in [0.25, 0.3) is 0 Å². The number of benzene rings is 1. The highest BCUT2D eigenvalue weighted by Gasteiger charge is 2.07. The molecule has 0 atom stereocenters. The summed E-state index contributed by atoms with van der Waals surface area (Å²) in [5.74, 6) is 0.680. The van der Waals surface area contributed by atoms with E-state index in [0.29, 0.717) is 18.3 Å². The van der Waals surface area contributed by atoms with Gasteiger partial charge in [0.2, 0.25) is 0 Å². The van der Waals surface area contributed by atoms with Crippen LogP contribution in [0.25, 0.3) is 0 Å². The maximum Gasteiger partial charge on any atom is 0.322 e. The van der Waals surface area contributed by atoms with Crippen LogP contribution in [0, 0.1) is 20.8 Å². The molecule has 0 aliphatic heterocycles. The van der Waals surface area contributed by atoms with Crippen molar-refractivity contribution in [2.75, 3.05) is 0 Å². The maximum absolute atomic E-state index is 6.12. The van der Waals surface area contributed by atoms with E-state index in [1.807, 2.05) is 32.9 Å². The van der Waals surface area contributed by atoms with Crippen LogP contribution in [0.15, 0.2) is 18.3 Å². The van der Waals surface area contributed by atoms with E-state index < -0.39 is 0 Å². The third-order valence-electron chi connectivity index (χ3n) is 2.90. The van der Waals surface area contributed by atoms with Crippen LogP contribution in [0.4, 0.5) is 0 Å². The first-order chi connectivity index (χ1) is 9.01. The lowest BCUT2D eigenvalue weighted by Crippen LogP contribution is -2.03. The number of nitrogens with zero attached hydrogens (tertiary/aromatic N) is 2. The van der Waals surface area contributed by atoms with Crippen molar-refractivity contribution in [1.29, 1.82) is 0 Å². The van der Waals surface area contributed by atoms with Crippen LogP contribution in [-0.4, -0.2) is 9.97 Å². The molecule has 0 unspecified atom stereocenters. The molecule has 0 amide bonds. The molecule has 0 saturated carbocycles. The van der Waals surface area contributed by atoms with Crippen LogP contribution < -0.4 is 10.5 Å². The summed E-state index contributed by atoms with van der Waals surface area (Å²) in [6.45, 7) is 6.18. The lowest BCUT2D eigenvalue weighted by molar-refractivity contribution is 0.439. The Morgan fingerprint density at radius 2 is 1.84 bits per heavy atom. The second-order valence-electron chi connectivity index (χ2n) is 4.44. The van der Waals surface area contributed by atoms with Gasteiger partial charge in [-0.1, -0.05) is 11.6 Å². The minimum Gasteiger partial charge on any atom is -0.424 e. The Hall–Kier alpha value is -1.65. The van der Waals surface area contributed by atoms with E-state index >= 15 is 0 Å². The second kappa shape index (κ2) is 5.55. The topological polar surface area (TPSA) is 61.0 Å². The molecule has 0 saturated heterocycles. The third-order valence-corrected chi connectivity index (χ3v) is 3.49. The molecule has 0 aliphatic carbocycles. The van der Waals surface area contributed by atoms with E-state index in [1.165, 1.54) is 0 Å². The van der Waals surface area contributed by atoms with Crippen molar-refractivity contribution in [2.24, 2.45) is 5.73 Å². The molecule has 2 N–H and O–H groups in total. The summed E-state index contributed by atoms with van der Waals surface area (Å²) in [4.78, 5) is 8.42. The standard InChI is InChI=1S/C14H16ClN3O/c1-8-4-12(5-9(2)13(8)15)19-14-17-7-11(6-16)10(3)18-14/h4-5,7H,6,16H2,1-3H3. The molecule has 1 aromatic carbocycles. The molecule has 2 aromatic rings. The molecule has 19 heavy (non-hydrogen) atoms. The van der Waals surface area contributed by atoms with Gasteiger partial charge in [-0.25, -0.2) is 4.98 Å². The Morgan fingerprint density at radius 3 is 2.37 bits per heavy atom. The molecule has 0 fully saturated rings. The van der Waals surface area contributed by atoms with Gasteiger partial charge in [-0.2, -0.15) is 4.98 Å². The van der Waals surface area contributed by atoms with Gasteiger partial charge in [0.1, 0.15) is 5.75 Å². The smallest absolute Gasteiger partial charge is 0.322 e. The van der Waals surface area contributed by atoms with Crippen molar-refractivity contribution in [2.45, 2.75) is 27.3 Å². The fourth-order valence-corrected chi connectivity index (χ4v) is 1.90. The number of hydrogen-bond acceptors (Lipinski definition) is 4. The molecular weight excluding hydrogens is 262 g/mol. The van der Waals surface area contributed by atoms with Crippen LogP contribution in [0.1, 0.15) is 22.4 Å². The van der Waals surface area contributed by atoms with Crippen LogP contribution >= 0.6 is 11.6 Å². The van der Waals surface area contributed by atoms with Crippen LogP contribution in [-0.2, 0) is 6.54 Å². The SMILES string of the molecule is Cc1cc(Oc2ncc(CN)c(C)n2)cc(C)c1Cl. The third kappa shape index (κ3) is 3.03. The van der Waals surface area contributed by atoms with E-state index in [9.17, 15) is 0 Å². The summed E-state index contributed by atoms with van der Waals surface area (Å²) in [6.07, 6.45) is 1.69. The second-order valence-corrected chi connectivity index (χ2v) is 4.82. The normalized spacial score (nSPS) is 10.6. The number of rotatable bonds is 3. The molecule has 0 aliphatic rings. The van der Waals surface area contributed by atoms with E-state index in [1.54, 1.807) is 6.20 Å². The summed E-state index contributed by atoms with van der Waals surface area (Å²) in [6, 6.07) is 4.05. The highest BCUT2D eigenvalue weighted by molar-refractivity contribution is 6.32. The maximum atomic E-state index is 6.12. The fourth-order valence-electron chi connectivity index (χ4n) is 1.79. The van der Waals surface area contributed by atoms with Crippen LogP contribution in [0.3, 0.4) is 0 Å². The highest BCUT2D eigenvalue weighted by Crippen LogP contribution is 2.28. The Bertz CT molecular complexity index is 591. The largest absolute Gasteiger partial charge is 0.424 e. The predicted molar refractivity (Wildman–Crippen MR) is 75.7 cm³/mol. The van der Waals surface area contributed by atoms with Gasteiger partial charge >= 0.3 is 6.01 Å². The van der Waals surface area contributed by atoms with Crippen molar-refractivity contribution in [1.82, 2.24) is 9.97 Å². The number of aromatic nitrogens is 2. The molecule has 0 spiro atoms. The molecular formula is C14H16ClN3O. The molecule has 2 rings (SSSR count). The number of halogens is 1. The Kier molecular flexibility index (Phi) is 4.02. The van der Waals surface area contributed by atoms with Crippen molar-refractivity contribution < 1.29 is 4.74 Å². The summed E-state index contributed by atoms with van der Waals surface area (Å²) in [7, 11) is 0. The van der Waals surface area contributed by atoms with Crippen molar-refractivity contribution in [3.05, 3.63) is 45.7 Å². The minimum absolute atomic E-state index is 0.316. The van der Waals surface area contributed by atoms with E-state index in [4.69, 9.17) is 22.1 Å². The van der Waals surface area contributed by atoms with Crippen LogP contribution in [0.5, 0.6) is 11.8 Å². The van der Waals surface area contributed by atoms with Gasteiger partial charge in [-0.15, -0.1) is 0 Å². The molecule has 0 bridgehead atoms. The fraction of sp³-hybridized carbons (Fsp3) is 0.286. The van der Waals surface area contributed by atoms with E-state index in [0.717, 1.165) is 27.4 Å². The number of aryl methyl sites for hydroxylation is 3. The van der Waals surface area contributed by atoms with Gasteiger partial charge in [0, 0.05) is 29.0 Å². The first-order valence-electron chi connectivity index (χ1n) is 5.98. The number of nitrogens with two attached hydrogens (primary N) is 1. The van der Waals surface area contributed by atoms with Crippen molar-refractivity contribution >= 4 is 11.6 Å². The average molecular weight is 278 g/mol. The zero-order chi connectivity index (χ0) is 14.0. The van der Waals surface area contributed by atoms with E-state index in [-0.39, 0.29) is 0 Å². The average Bonchev–Trinajstić information content (AvgIpc) is 2.36. The first-order valence-corrected chi connectivity index (χ1v) is 6.36. The van der Waals surface area contributed by atoms with Gasteiger partial charge in [0.15, 0.2) is 0 Å². The highest BCUT2D eigenvalue weighted by atomic mass is 35.5. The molecule has 100 valence electrons. The zero-order valence-corrected chi connectivity index (χ0v) is 12.0. The Labute approximate surface area is 117 Å². The molecule has 4 nitrogen and oxygen atoms in total. The van der Waals surface area contributed by atoms with Gasteiger partial charge in [-0.05, 0) is 44.0 Å². The van der Waals surface area contributed by atoms with Gasteiger partial charge in [0.05, 0.1) is 0 Å². The molecule has 1 heterocycles. The molecule has 1 aromatic heterocycles. The minimum atomic E-state index is 0.316. The number of hydrogen-bond donors (Lipinski definition) is 1. The predicted octanol–water partition coefficient (Wildman–Crippen LogP) is 3.31. The lowest BCUT2D eigenvalue weighted by Gasteiger charge is -2.09. The Morgan fingerprint density at radius 1 is 1.21 bits per heavy atom. The van der Waals surface area contributed by atoms with E-state index in [2.05, 4.69) is 9.97 Å². The van der Waals surface area contributed by atoms with Crippen molar-refractivity contribution in [3.8, 4) is 11.8 Å². The first kappa shape index (κ1) is 13.8.